The van der Waals surface area contributed by atoms with Crippen LogP contribution in [0.2, 0.25) is 0 Å². The number of anilines is 1. The van der Waals surface area contributed by atoms with Crippen LogP contribution in [-0.2, 0) is 6.42 Å². The Morgan fingerprint density at radius 3 is 2.33 bits per heavy atom. The van der Waals surface area contributed by atoms with E-state index in [0.29, 0.717) is 0 Å². The highest BCUT2D eigenvalue weighted by atomic mass is 15.1. The van der Waals surface area contributed by atoms with Crippen LogP contribution in [0.5, 0.6) is 0 Å². The third-order valence-electron chi connectivity index (χ3n) is 4.88. The van der Waals surface area contributed by atoms with Gasteiger partial charge in [0.1, 0.15) is 0 Å². The number of likely N-dealkylation sites (N-methyl/N-ethyl adjacent to an activating group) is 1. The molecule has 1 saturated carbocycles. The Morgan fingerprint density at radius 1 is 1.00 bits per heavy atom. The van der Waals surface area contributed by atoms with Crippen molar-refractivity contribution in [2.45, 2.75) is 33.1 Å². The second-order valence-electron chi connectivity index (χ2n) is 6.25. The van der Waals surface area contributed by atoms with Gasteiger partial charge in [0, 0.05) is 24.9 Å². The molecule has 0 bridgehead atoms. The van der Waals surface area contributed by atoms with Gasteiger partial charge in [0.05, 0.1) is 0 Å². The van der Waals surface area contributed by atoms with Crippen LogP contribution in [-0.4, -0.2) is 7.05 Å². The van der Waals surface area contributed by atoms with Crippen LogP contribution in [0, 0.1) is 0 Å². The van der Waals surface area contributed by atoms with E-state index < -0.39 is 0 Å². The standard InChI is InChI=1S/C20H23N/c1-13-10-14(2)18(11-13)15(3)16(4)20-12-17-8-6-7-9-19(17)21(20)5/h6-9H,1-2,10-12H2,3-5H3. The van der Waals surface area contributed by atoms with Gasteiger partial charge in [-0.2, -0.15) is 0 Å². The summed E-state index contributed by atoms with van der Waals surface area (Å²) in [6, 6.07) is 8.67. The Bertz CT molecular complexity index is 700. The van der Waals surface area contributed by atoms with Crippen molar-refractivity contribution >= 4 is 5.69 Å². The molecular formula is C20H23N. The topological polar surface area (TPSA) is 3.24 Å². The highest BCUT2D eigenvalue weighted by molar-refractivity contribution is 5.66. The highest BCUT2D eigenvalue weighted by Gasteiger charge is 2.24. The molecule has 0 aromatic heterocycles. The molecule has 0 saturated heterocycles. The van der Waals surface area contributed by atoms with E-state index in [1.54, 1.807) is 0 Å². The predicted octanol–water partition coefficient (Wildman–Crippen LogP) is 5.18. The van der Waals surface area contributed by atoms with Gasteiger partial charge in [0.15, 0.2) is 0 Å². The highest BCUT2D eigenvalue weighted by Crippen LogP contribution is 2.40. The SMILES string of the molecule is C=C1CC(=C)C(=C(C)C(C)=C2Cc3ccccc3N2C)C1. The van der Waals surface area contributed by atoms with Crippen LogP contribution in [0.3, 0.4) is 0 Å². The summed E-state index contributed by atoms with van der Waals surface area (Å²) in [6.45, 7) is 12.8. The zero-order valence-electron chi connectivity index (χ0n) is 13.3. The summed E-state index contributed by atoms with van der Waals surface area (Å²) < 4.78 is 0. The number of allylic oxidation sites excluding steroid dienone is 6. The van der Waals surface area contributed by atoms with E-state index >= 15 is 0 Å². The van der Waals surface area contributed by atoms with Gasteiger partial charge < -0.3 is 4.90 Å². The second-order valence-corrected chi connectivity index (χ2v) is 6.25. The van der Waals surface area contributed by atoms with Crippen LogP contribution in [0.25, 0.3) is 0 Å². The minimum atomic E-state index is 0.964. The van der Waals surface area contributed by atoms with Crippen molar-refractivity contribution in [2.24, 2.45) is 0 Å². The molecule has 108 valence electrons. The van der Waals surface area contributed by atoms with Crippen molar-refractivity contribution in [3.63, 3.8) is 0 Å². The Morgan fingerprint density at radius 2 is 1.71 bits per heavy atom. The fraction of sp³-hybridized carbons (Fsp3) is 0.300. The zero-order valence-corrected chi connectivity index (χ0v) is 13.3. The van der Waals surface area contributed by atoms with Crippen molar-refractivity contribution in [2.75, 3.05) is 11.9 Å². The maximum atomic E-state index is 4.22. The van der Waals surface area contributed by atoms with E-state index in [9.17, 15) is 0 Å². The van der Waals surface area contributed by atoms with Gasteiger partial charge in [-0.3, -0.25) is 0 Å². The number of hydrogen-bond acceptors (Lipinski definition) is 1. The third kappa shape index (κ3) is 2.27. The van der Waals surface area contributed by atoms with Crippen LogP contribution in [0.4, 0.5) is 5.69 Å². The molecule has 0 atom stereocenters. The molecule has 0 radical (unpaired) electrons. The maximum Gasteiger partial charge on any atom is 0.0442 e. The first-order valence-electron chi connectivity index (χ1n) is 7.55. The number of benzene rings is 1. The fourth-order valence-corrected chi connectivity index (χ4v) is 3.50. The van der Waals surface area contributed by atoms with Gasteiger partial charge in [-0.05, 0) is 60.6 Å². The average Bonchev–Trinajstić information content (AvgIpc) is 2.98. The number of fused-ring (bicyclic) bond motifs is 1. The zero-order chi connectivity index (χ0) is 15.1. The summed E-state index contributed by atoms with van der Waals surface area (Å²) >= 11 is 0. The van der Waals surface area contributed by atoms with Gasteiger partial charge in [0.2, 0.25) is 0 Å². The first-order valence-corrected chi connectivity index (χ1v) is 7.55. The molecule has 1 heteroatoms. The van der Waals surface area contributed by atoms with Crippen molar-refractivity contribution in [1.82, 2.24) is 0 Å². The molecule has 1 heterocycles. The number of para-hydroxylation sites is 1. The molecule has 0 N–H and O–H groups in total. The molecule has 0 spiro atoms. The summed E-state index contributed by atoms with van der Waals surface area (Å²) in [5.74, 6) is 0. The Kier molecular flexibility index (Phi) is 3.36. The summed E-state index contributed by atoms with van der Waals surface area (Å²) in [6.07, 6.45) is 2.98. The van der Waals surface area contributed by atoms with E-state index in [2.05, 4.69) is 63.2 Å². The molecular weight excluding hydrogens is 254 g/mol. The van der Waals surface area contributed by atoms with E-state index in [1.165, 1.54) is 44.8 Å². The van der Waals surface area contributed by atoms with Gasteiger partial charge in [0.25, 0.3) is 0 Å². The number of nitrogens with zero attached hydrogens (tertiary/aromatic N) is 1. The van der Waals surface area contributed by atoms with Gasteiger partial charge in [-0.15, -0.1) is 0 Å². The molecule has 1 aliphatic carbocycles. The minimum absolute atomic E-state index is 0.964. The van der Waals surface area contributed by atoms with Crippen LogP contribution < -0.4 is 4.90 Å². The minimum Gasteiger partial charge on any atom is -0.347 e. The predicted molar refractivity (Wildman–Crippen MR) is 91.5 cm³/mol. The molecule has 1 nitrogen and oxygen atoms in total. The lowest BCUT2D eigenvalue weighted by Crippen LogP contribution is -2.13. The largest absolute Gasteiger partial charge is 0.347 e. The summed E-state index contributed by atoms with van der Waals surface area (Å²) in [5, 5.41) is 0. The summed E-state index contributed by atoms with van der Waals surface area (Å²) in [7, 11) is 2.17. The number of hydrogen-bond donors (Lipinski definition) is 0. The first-order chi connectivity index (χ1) is 9.99. The van der Waals surface area contributed by atoms with Gasteiger partial charge in [-0.25, -0.2) is 0 Å². The third-order valence-corrected chi connectivity index (χ3v) is 4.88. The van der Waals surface area contributed by atoms with Crippen molar-refractivity contribution in [1.29, 1.82) is 0 Å². The molecule has 0 amide bonds. The lowest BCUT2D eigenvalue weighted by atomic mass is 9.96. The molecule has 1 aromatic carbocycles. The monoisotopic (exact) mass is 277 g/mol. The molecule has 2 aliphatic rings. The van der Waals surface area contributed by atoms with Crippen molar-refractivity contribution in [3.05, 3.63) is 76.5 Å². The molecule has 1 aromatic rings. The van der Waals surface area contributed by atoms with Crippen LogP contribution >= 0.6 is 0 Å². The lowest BCUT2D eigenvalue weighted by Gasteiger charge is -2.19. The van der Waals surface area contributed by atoms with Gasteiger partial charge >= 0.3 is 0 Å². The molecule has 1 aliphatic heterocycles. The Balaban J connectivity index is 2.03. The maximum absolute atomic E-state index is 4.22. The quantitative estimate of drug-likeness (QED) is 0.640. The Hall–Kier alpha value is -2.02. The van der Waals surface area contributed by atoms with Crippen molar-refractivity contribution < 1.29 is 0 Å². The lowest BCUT2D eigenvalue weighted by molar-refractivity contribution is 1.04. The van der Waals surface area contributed by atoms with E-state index in [1.807, 2.05) is 0 Å². The molecule has 0 unspecified atom stereocenters. The average molecular weight is 277 g/mol. The molecule has 21 heavy (non-hydrogen) atoms. The van der Waals surface area contributed by atoms with Crippen LogP contribution in [0.15, 0.2) is 71.0 Å². The van der Waals surface area contributed by atoms with Crippen molar-refractivity contribution in [3.8, 4) is 0 Å². The van der Waals surface area contributed by atoms with E-state index in [0.717, 1.165) is 19.3 Å². The fourth-order valence-electron chi connectivity index (χ4n) is 3.50. The van der Waals surface area contributed by atoms with E-state index in [4.69, 9.17) is 0 Å². The first kappa shape index (κ1) is 13.9. The second kappa shape index (κ2) is 5.07. The summed E-state index contributed by atoms with van der Waals surface area (Å²) in [4.78, 5) is 2.33. The number of rotatable bonds is 1. The van der Waals surface area contributed by atoms with Crippen LogP contribution in [0.1, 0.15) is 32.3 Å². The summed E-state index contributed by atoms with van der Waals surface area (Å²) in [5.41, 5.74) is 10.9. The molecule has 1 fully saturated rings. The smallest absolute Gasteiger partial charge is 0.0442 e. The Labute approximate surface area is 128 Å². The normalized spacial score (nSPS) is 22.7. The molecule has 3 rings (SSSR count). The van der Waals surface area contributed by atoms with Gasteiger partial charge in [-0.1, -0.05) is 36.9 Å². The van der Waals surface area contributed by atoms with E-state index in [-0.39, 0.29) is 0 Å².